The first-order chi connectivity index (χ1) is 11.4. The lowest BCUT2D eigenvalue weighted by Gasteiger charge is -2.13. The average molecular weight is 355 g/mol. The number of halogens is 1. The minimum Gasteiger partial charge on any atom is -0.364 e. The molecule has 0 aliphatic carbocycles. The summed E-state index contributed by atoms with van der Waals surface area (Å²) in [6.07, 6.45) is 0.764. The highest BCUT2D eigenvalue weighted by Gasteiger charge is 2.31. The Kier molecular flexibility index (Phi) is 4.93. The van der Waals surface area contributed by atoms with E-state index in [9.17, 15) is 12.8 Å². The molecule has 2 aromatic rings. The molecule has 9 heteroatoms. The van der Waals surface area contributed by atoms with Crippen molar-refractivity contribution in [2.45, 2.75) is 37.7 Å². The molecule has 1 fully saturated rings. The zero-order valence-electron chi connectivity index (χ0n) is 13.1. The second-order valence-electron chi connectivity index (χ2n) is 5.70. The lowest BCUT2D eigenvalue weighted by molar-refractivity contribution is 0.0290. The highest BCUT2D eigenvalue weighted by atomic mass is 32.2. The fourth-order valence-corrected chi connectivity index (χ4v) is 3.76. The number of nitrogens with one attached hydrogen (secondary N) is 1. The van der Waals surface area contributed by atoms with E-state index in [-0.39, 0.29) is 24.3 Å². The van der Waals surface area contributed by atoms with Crippen LogP contribution in [-0.2, 0) is 20.5 Å². The van der Waals surface area contributed by atoms with Crippen LogP contribution in [0.4, 0.5) is 4.39 Å². The summed E-state index contributed by atoms with van der Waals surface area (Å²) in [5, 5.41) is 3.71. The summed E-state index contributed by atoms with van der Waals surface area (Å²) in [6, 6.07) is 5.81. The van der Waals surface area contributed by atoms with E-state index < -0.39 is 21.6 Å². The summed E-state index contributed by atoms with van der Waals surface area (Å²) in [7, 11) is -3.64. The molecule has 24 heavy (non-hydrogen) atoms. The van der Waals surface area contributed by atoms with Crippen LogP contribution >= 0.6 is 0 Å². The highest BCUT2D eigenvalue weighted by molar-refractivity contribution is 7.88. The molecule has 0 amide bonds. The second kappa shape index (κ2) is 6.96. The molecule has 0 spiro atoms. The van der Waals surface area contributed by atoms with Crippen LogP contribution in [0, 0.1) is 12.7 Å². The Morgan fingerprint density at radius 2 is 2.12 bits per heavy atom. The molecule has 1 N–H and O–H groups in total. The minimum absolute atomic E-state index is 0.125. The Morgan fingerprint density at radius 1 is 1.33 bits per heavy atom. The van der Waals surface area contributed by atoms with Gasteiger partial charge in [0.15, 0.2) is 5.82 Å². The van der Waals surface area contributed by atoms with E-state index in [2.05, 4.69) is 14.9 Å². The van der Waals surface area contributed by atoms with E-state index in [1.165, 1.54) is 18.2 Å². The predicted octanol–water partition coefficient (Wildman–Crippen LogP) is 1.86. The second-order valence-corrected chi connectivity index (χ2v) is 7.51. The van der Waals surface area contributed by atoms with Gasteiger partial charge in [0.05, 0.1) is 11.9 Å². The Balaban J connectivity index is 1.53. The highest BCUT2D eigenvalue weighted by Crippen LogP contribution is 2.31. The Labute approximate surface area is 139 Å². The third kappa shape index (κ3) is 4.16. The van der Waals surface area contributed by atoms with Gasteiger partial charge in [0.25, 0.3) is 5.89 Å². The summed E-state index contributed by atoms with van der Waals surface area (Å²) in [4.78, 5) is 4.12. The fourth-order valence-electron chi connectivity index (χ4n) is 2.57. The van der Waals surface area contributed by atoms with Crippen LogP contribution in [0.15, 0.2) is 28.8 Å². The van der Waals surface area contributed by atoms with Gasteiger partial charge in [-0.05, 0) is 25.8 Å². The first-order valence-electron chi connectivity index (χ1n) is 7.59. The van der Waals surface area contributed by atoms with Crippen molar-refractivity contribution in [3.63, 3.8) is 0 Å². The van der Waals surface area contributed by atoms with Gasteiger partial charge in [-0.1, -0.05) is 23.4 Å². The van der Waals surface area contributed by atoms with Crippen molar-refractivity contribution >= 4 is 10.0 Å². The third-order valence-corrected chi connectivity index (χ3v) is 5.06. The first kappa shape index (κ1) is 17.0. The van der Waals surface area contributed by atoms with Crippen molar-refractivity contribution in [2.24, 2.45) is 0 Å². The quantitative estimate of drug-likeness (QED) is 0.850. The van der Waals surface area contributed by atoms with Gasteiger partial charge < -0.3 is 9.26 Å². The molecule has 2 heterocycles. The van der Waals surface area contributed by atoms with Crippen LogP contribution in [0.25, 0.3) is 0 Å². The number of hydrogen-bond acceptors (Lipinski definition) is 6. The molecule has 7 nitrogen and oxygen atoms in total. The van der Waals surface area contributed by atoms with E-state index in [4.69, 9.17) is 9.26 Å². The maximum atomic E-state index is 13.6. The number of benzene rings is 1. The van der Waals surface area contributed by atoms with Crippen molar-refractivity contribution < 1.29 is 22.1 Å². The van der Waals surface area contributed by atoms with Crippen LogP contribution in [0.1, 0.15) is 36.2 Å². The van der Waals surface area contributed by atoms with E-state index in [0.29, 0.717) is 24.6 Å². The maximum absolute atomic E-state index is 13.6. The van der Waals surface area contributed by atoms with Crippen molar-refractivity contribution in [1.29, 1.82) is 0 Å². The molecule has 1 aromatic heterocycles. The molecule has 2 atom stereocenters. The van der Waals surface area contributed by atoms with Crippen molar-refractivity contribution in [3.05, 3.63) is 47.4 Å². The molecule has 1 aliphatic rings. The first-order valence-corrected chi connectivity index (χ1v) is 9.24. The number of ether oxygens (including phenoxy) is 1. The summed E-state index contributed by atoms with van der Waals surface area (Å²) in [5.41, 5.74) is 0.136. The van der Waals surface area contributed by atoms with Gasteiger partial charge in [0, 0.05) is 12.1 Å². The number of sulfonamides is 1. The topological polar surface area (TPSA) is 94.3 Å². The monoisotopic (exact) mass is 355 g/mol. The van der Waals surface area contributed by atoms with Crippen molar-refractivity contribution in [3.8, 4) is 0 Å². The van der Waals surface area contributed by atoms with Crippen LogP contribution in [0.3, 0.4) is 0 Å². The molecule has 0 unspecified atom stereocenters. The smallest absolute Gasteiger partial charge is 0.255 e. The number of rotatable bonds is 6. The van der Waals surface area contributed by atoms with Gasteiger partial charge in [-0.3, -0.25) is 0 Å². The molecular weight excluding hydrogens is 337 g/mol. The molecule has 130 valence electrons. The summed E-state index contributed by atoms with van der Waals surface area (Å²) in [5.74, 6) is -0.00254. The summed E-state index contributed by atoms with van der Waals surface area (Å²) >= 11 is 0. The van der Waals surface area contributed by atoms with E-state index in [1.807, 2.05) is 0 Å². The number of aryl methyl sites for hydroxylation is 1. The maximum Gasteiger partial charge on any atom is 0.255 e. The third-order valence-electron chi connectivity index (χ3n) is 3.76. The predicted molar refractivity (Wildman–Crippen MR) is 82.9 cm³/mol. The number of aromatic nitrogens is 2. The van der Waals surface area contributed by atoms with Gasteiger partial charge >= 0.3 is 0 Å². The molecule has 1 saturated heterocycles. The Hall–Kier alpha value is -1.84. The van der Waals surface area contributed by atoms with Crippen LogP contribution in [0.2, 0.25) is 0 Å². The van der Waals surface area contributed by atoms with Crippen molar-refractivity contribution in [2.75, 3.05) is 6.54 Å². The zero-order valence-corrected chi connectivity index (χ0v) is 13.9. The van der Waals surface area contributed by atoms with Crippen molar-refractivity contribution in [1.82, 2.24) is 14.9 Å². The van der Waals surface area contributed by atoms with Crippen LogP contribution in [-0.4, -0.2) is 31.2 Å². The SMILES string of the molecule is Cc1noc([C@@H]2CC[C@H](CNS(=O)(=O)Cc3ccccc3F)O2)n1. The fraction of sp³-hybridized carbons (Fsp3) is 0.467. The standard InChI is InChI=1S/C15H18FN3O4S/c1-10-18-15(23-19-10)14-7-6-12(22-14)8-17-24(20,21)9-11-4-2-3-5-13(11)16/h2-5,12,14,17H,6-9H2,1H3/t12-,14+/m1/s1. The minimum atomic E-state index is -3.64. The zero-order chi connectivity index (χ0) is 17.2. The average Bonchev–Trinajstić information content (AvgIpc) is 3.16. The van der Waals surface area contributed by atoms with E-state index in [0.717, 1.165) is 0 Å². The largest absolute Gasteiger partial charge is 0.364 e. The molecule has 1 aromatic carbocycles. The van der Waals surface area contributed by atoms with Gasteiger partial charge in [0.2, 0.25) is 10.0 Å². The molecule has 0 radical (unpaired) electrons. The normalized spacial score (nSPS) is 21.2. The van der Waals surface area contributed by atoms with Crippen LogP contribution in [0.5, 0.6) is 0 Å². The molecule has 0 saturated carbocycles. The van der Waals surface area contributed by atoms with Crippen LogP contribution < -0.4 is 4.72 Å². The summed E-state index contributed by atoms with van der Waals surface area (Å²) < 4.78 is 51.0. The molecule has 1 aliphatic heterocycles. The molecule has 0 bridgehead atoms. The van der Waals surface area contributed by atoms with Gasteiger partial charge in [-0.2, -0.15) is 4.98 Å². The van der Waals surface area contributed by atoms with Gasteiger partial charge in [-0.25, -0.2) is 17.5 Å². The lowest BCUT2D eigenvalue weighted by atomic mass is 10.2. The molecular formula is C15H18FN3O4S. The van der Waals surface area contributed by atoms with Gasteiger partial charge in [-0.15, -0.1) is 0 Å². The number of nitrogens with zero attached hydrogens (tertiary/aromatic N) is 2. The number of hydrogen-bond donors (Lipinski definition) is 1. The van der Waals surface area contributed by atoms with Gasteiger partial charge in [0.1, 0.15) is 11.9 Å². The Bertz CT molecular complexity index is 809. The van der Waals surface area contributed by atoms with E-state index >= 15 is 0 Å². The summed E-state index contributed by atoms with van der Waals surface area (Å²) in [6.45, 7) is 1.84. The van der Waals surface area contributed by atoms with E-state index in [1.54, 1.807) is 13.0 Å². The Morgan fingerprint density at radius 3 is 2.83 bits per heavy atom. The lowest BCUT2D eigenvalue weighted by Crippen LogP contribution is -2.33. The molecule has 3 rings (SSSR count).